The zero-order chi connectivity index (χ0) is 22.6. The lowest BCUT2D eigenvalue weighted by molar-refractivity contribution is -0.902. The number of likely N-dealkylation sites (N-methyl/N-ethyl adjacent to an activating group) is 1. The third kappa shape index (κ3) is 18.5. The Labute approximate surface area is 205 Å². The average molecular weight is 467 g/mol. The number of hydrogen-bond acceptors (Lipinski definition) is 1. The van der Waals surface area contributed by atoms with Gasteiger partial charge in [0.1, 0.15) is 6.54 Å². The second-order valence-corrected chi connectivity index (χ2v) is 10.00. The van der Waals surface area contributed by atoms with Crippen molar-refractivity contribution >= 4 is 5.91 Å². The maximum absolute atomic E-state index is 12.1. The summed E-state index contributed by atoms with van der Waals surface area (Å²) >= 11 is 0. The Balaban J connectivity index is 0.00000961. The average Bonchev–Trinajstić information content (AvgIpc) is 2.74. The van der Waals surface area contributed by atoms with Gasteiger partial charge >= 0.3 is 0 Å². The van der Waals surface area contributed by atoms with Crippen LogP contribution in [0.4, 0.5) is 0 Å². The lowest BCUT2D eigenvalue weighted by atomic mass is 10.0. The lowest BCUT2D eigenvalue weighted by Crippen LogP contribution is -3.00. The van der Waals surface area contributed by atoms with Crippen LogP contribution in [-0.2, 0) is 11.3 Å². The van der Waals surface area contributed by atoms with E-state index in [1.807, 2.05) is 0 Å². The van der Waals surface area contributed by atoms with Crippen molar-refractivity contribution in [3.63, 3.8) is 0 Å². The number of nitrogens with one attached hydrogen (secondary N) is 1. The number of rotatable bonds is 20. The van der Waals surface area contributed by atoms with Crippen LogP contribution in [0.2, 0.25) is 0 Å². The first kappa shape index (κ1) is 30.9. The minimum Gasteiger partial charge on any atom is -1.00 e. The molecule has 0 saturated carbocycles. The molecule has 0 heterocycles. The van der Waals surface area contributed by atoms with Crippen LogP contribution in [-0.4, -0.2) is 37.6 Å². The highest BCUT2D eigenvalue weighted by Gasteiger charge is 2.15. The first-order valence-corrected chi connectivity index (χ1v) is 13.2. The first-order chi connectivity index (χ1) is 15.0. The van der Waals surface area contributed by atoms with Crippen molar-refractivity contribution in [2.24, 2.45) is 0 Å². The normalized spacial score (nSPS) is 11.2. The summed E-state index contributed by atoms with van der Waals surface area (Å²) in [6.45, 7) is 5.00. The molecular weight excluding hydrogens is 416 g/mol. The highest BCUT2D eigenvalue weighted by Crippen LogP contribution is 2.13. The molecule has 1 aromatic rings. The summed E-state index contributed by atoms with van der Waals surface area (Å²) in [5.74, 6) is 0.221. The lowest BCUT2D eigenvalue weighted by Gasteiger charge is -2.30. The Morgan fingerprint density at radius 2 is 1.22 bits per heavy atom. The molecule has 0 aliphatic heterocycles. The molecule has 32 heavy (non-hydrogen) atoms. The third-order valence-electron chi connectivity index (χ3n) is 6.25. The van der Waals surface area contributed by atoms with Crippen LogP contribution in [0.5, 0.6) is 0 Å². The van der Waals surface area contributed by atoms with E-state index in [1.165, 1.54) is 89.0 Å². The molecule has 0 saturated heterocycles. The molecular formula is C28H51ClN2O. The van der Waals surface area contributed by atoms with Gasteiger partial charge in [0, 0.05) is 12.0 Å². The molecule has 0 unspecified atom stereocenters. The number of benzene rings is 1. The summed E-state index contributed by atoms with van der Waals surface area (Å²) in [4.78, 5) is 12.1. The van der Waals surface area contributed by atoms with E-state index in [0.717, 1.165) is 30.5 Å². The Morgan fingerprint density at radius 3 is 1.72 bits per heavy atom. The van der Waals surface area contributed by atoms with Crippen molar-refractivity contribution in [3.8, 4) is 0 Å². The minimum absolute atomic E-state index is 0. The second-order valence-electron chi connectivity index (χ2n) is 10.00. The summed E-state index contributed by atoms with van der Waals surface area (Å²) in [5.41, 5.74) is 1.35. The van der Waals surface area contributed by atoms with Gasteiger partial charge in [0.2, 0.25) is 5.91 Å². The number of hydrogen-bond donors (Lipinski definition) is 1. The topological polar surface area (TPSA) is 29.1 Å². The van der Waals surface area contributed by atoms with E-state index in [0.29, 0.717) is 6.42 Å². The molecule has 1 N–H and O–H groups in total. The Hall–Kier alpha value is -1.06. The Kier molecular flexibility index (Phi) is 19.9. The van der Waals surface area contributed by atoms with Crippen LogP contribution < -0.4 is 17.7 Å². The number of nitrogens with zero attached hydrogens (tertiary/aromatic N) is 1. The number of carbonyl (C=O) groups excluding carboxylic acids is 1. The van der Waals surface area contributed by atoms with Crippen LogP contribution in [0.3, 0.4) is 0 Å². The largest absolute Gasteiger partial charge is 1.00 e. The summed E-state index contributed by atoms with van der Waals surface area (Å²) in [5, 5.41) is 3.12. The van der Waals surface area contributed by atoms with Crippen molar-refractivity contribution in [2.75, 3.05) is 27.2 Å². The fraction of sp³-hybridized carbons (Fsp3) is 0.750. The molecule has 0 spiro atoms. The molecule has 186 valence electrons. The van der Waals surface area contributed by atoms with Crippen molar-refractivity contribution in [1.29, 1.82) is 0 Å². The molecule has 1 aromatic carbocycles. The van der Waals surface area contributed by atoms with Gasteiger partial charge in [-0.15, -0.1) is 0 Å². The molecule has 0 fully saturated rings. The standard InChI is InChI=1S/C28H50N2O.ClH/c1-4-5-6-7-8-9-10-11-12-13-14-15-16-20-23-28(31)29-24-25-30(2,3)26-27-21-18-17-19-22-27;/h17-19,21-22H,4-16,20,23-26H2,1-3H3;1H. The second kappa shape index (κ2) is 20.5. The van der Waals surface area contributed by atoms with E-state index in [4.69, 9.17) is 0 Å². The van der Waals surface area contributed by atoms with E-state index < -0.39 is 0 Å². The van der Waals surface area contributed by atoms with E-state index in [2.05, 4.69) is 56.7 Å². The summed E-state index contributed by atoms with van der Waals surface area (Å²) in [6.07, 6.45) is 19.6. The van der Waals surface area contributed by atoms with Crippen LogP contribution in [0.15, 0.2) is 30.3 Å². The number of quaternary nitrogens is 1. The van der Waals surface area contributed by atoms with Gasteiger partial charge in [-0.25, -0.2) is 0 Å². The van der Waals surface area contributed by atoms with Crippen LogP contribution >= 0.6 is 0 Å². The van der Waals surface area contributed by atoms with Gasteiger partial charge in [-0.2, -0.15) is 0 Å². The minimum atomic E-state index is 0. The zero-order valence-electron chi connectivity index (χ0n) is 21.3. The quantitative estimate of drug-likeness (QED) is 0.226. The maximum atomic E-state index is 12.1. The molecule has 0 aliphatic carbocycles. The van der Waals surface area contributed by atoms with Gasteiger partial charge < -0.3 is 22.2 Å². The number of amides is 1. The van der Waals surface area contributed by atoms with E-state index in [9.17, 15) is 4.79 Å². The molecule has 0 aliphatic rings. The third-order valence-corrected chi connectivity index (χ3v) is 6.25. The number of halogens is 1. The van der Waals surface area contributed by atoms with Crippen molar-refractivity contribution in [3.05, 3.63) is 35.9 Å². The van der Waals surface area contributed by atoms with Gasteiger partial charge in [-0.1, -0.05) is 121 Å². The Bertz CT molecular complexity index is 548. The number of carbonyl (C=O) groups is 1. The van der Waals surface area contributed by atoms with Crippen molar-refractivity contribution in [1.82, 2.24) is 5.32 Å². The first-order valence-electron chi connectivity index (χ1n) is 13.2. The number of unbranched alkanes of at least 4 members (excludes halogenated alkanes) is 13. The SMILES string of the molecule is CCCCCCCCCCCCCCCCC(=O)NCC[N+](C)(C)Cc1ccccc1.[Cl-]. The van der Waals surface area contributed by atoms with Gasteiger partial charge in [0.25, 0.3) is 0 Å². The monoisotopic (exact) mass is 466 g/mol. The summed E-state index contributed by atoms with van der Waals surface area (Å²) in [6, 6.07) is 10.6. The van der Waals surface area contributed by atoms with E-state index in [1.54, 1.807) is 0 Å². The fourth-order valence-electron chi connectivity index (χ4n) is 4.22. The molecule has 0 aromatic heterocycles. The fourth-order valence-corrected chi connectivity index (χ4v) is 4.22. The maximum Gasteiger partial charge on any atom is 0.220 e. The molecule has 0 radical (unpaired) electrons. The molecule has 4 heteroatoms. The van der Waals surface area contributed by atoms with E-state index >= 15 is 0 Å². The molecule has 1 amide bonds. The van der Waals surface area contributed by atoms with Crippen LogP contribution in [0.1, 0.15) is 109 Å². The molecule has 0 atom stereocenters. The van der Waals surface area contributed by atoms with Crippen molar-refractivity contribution < 1.29 is 21.7 Å². The summed E-state index contributed by atoms with van der Waals surface area (Å²) in [7, 11) is 4.46. The van der Waals surface area contributed by atoms with Crippen LogP contribution in [0.25, 0.3) is 0 Å². The van der Waals surface area contributed by atoms with Crippen molar-refractivity contribution in [2.45, 2.75) is 110 Å². The predicted molar refractivity (Wildman–Crippen MR) is 135 cm³/mol. The highest BCUT2D eigenvalue weighted by molar-refractivity contribution is 5.75. The van der Waals surface area contributed by atoms with Gasteiger partial charge in [-0.3, -0.25) is 4.79 Å². The van der Waals surface area contributed by atoms with Gasteiger partial charge in [-0.05, 0) is 6.42 Å². The van der Waals surface area contributed by atoms with Gasteiger partial charge in [0.05, 0.1) is 27.2 Å². The summed E-state index contributed by atoms with van der Waals surface area (Å²) < 4.78 is 0.892. The van der Waals surface area contributed by atoms with Gasteiger partial charge in [0.15, 0.2) is 0 Å². The Morgan fingerprint density at radius 1 is 0.750 bits per heavy atom. The molecule has 3 nitrogen and oxygen atoms in total. The zero-order valence-corrected chi connectivity index (χ0v) is 22.1. The van der Waals surface area contributed by atoms with E-state index in [-0.39, 0.29) is 18.3 Å². The van der Waals surface area contributed by atoms with Crippen LogP contribution in [0, 0.1) is 0 Å². The molecule has 1 rings (SSSR count). The highest BCUT2D eigenvalue weighted by atomic mass is 35.5. The predicted octanol–water partition coefficient (Wildman–Crippen LogP) is 4.25. The smallest absolute Gasteiger partial charge is 0.220 e. The molecule has 0 bridgehead atoms.